The summed E-state index contributed by atoms with van der Waals surface area (Å²) in [6, 6.07) is 4.58. The highest BCUT2D eigenvalue weighted by Crippen LogP contribution is 2.28. The number of nitrogens with zero attached hydrogens (tertiary/aromatic N) is 2. The maximum atomic E-state index is 11.3. The van der Waals surface area contributed by atoms with Crippen molar-refractivity contribution in [2.75, 3.05) is 0 Å². The minimum atomic E-state index is -3.75. The minimum Gasteiger partial charge on any atom is -0.473 e. The Morgan fingerprint density at radius 3 is 2.61 bits per heavy atom. The zero-order valence-corrected chi connectivity index (χ0v) is 11.8. The predicted octanol–water partition coefficient (Wildman–Crippen LogP) is 2.29. The first kappa shape index (κ1) is 13.2. The number of rotatable bonds is 3. The van der Waals surface area contributed by atoms with E-state index in [4.69, 9.17) is 15.4 Å². The van der Waals surface area contributed by atoms with Gasteiger partial charge >= 0.3 is 0 Å². The fourth-order valence-electron chi connectivity index (χ4n) is 1.67. The van der Waals surface area contributed by atoms with Crippen LogP contribution in [0, 0.1) is 0 Å². The third kappa shape index (κ3) is 2.44. The van der Waals surface area contributed by atoms with Crippen LogP contribution < -0.4 is 4.74 Å². The van der Waals surface area contributed by atoms with Crippen molar-refractivity contribution in [2.24, 2.45) is 7.05 Å². The van der Waals surface area contributed by atoms with E-state index in [-0.39, 0.29) is 11.0 Å². The average Bonchev–Trinajstić information content (AvgIpc) is 2.53. The summed E-state index contributed by atoms with van der Waals surface area (Å²) in [5, 5.41) is 4.84. The summed E-state index contributed by atoms with van der Waals surface area (Å²) < 4.78 is 29.8. The molecule has 0 saturated carbocycles. The molecule has 0 aliphatic rings. The van der Waals surface area contributed by atoms with E-state index in [2.05, 4.69) is 5.10 Å². The highest BCUT2D eigenvalue weighted by molar-refractivity contribution is 8.13. The fourth-order valence-corrected chi connectivity index (χ4v) is 2.45. The van der Waals surface area contributed by atoms with Gasteiger partial charge in [-0.3, -0.25) is 4.68 Å². The van der Waals surface area contributed by atoms with Crippen LogP contribution >= 0.6 is 10.7 Å². The summed E-state index contributed by atoms with van der Waals surface area (Å²) in [5.74, 6) is 0.407. The van der Waals surface area contributed by atoms with E-state index in [1.54, 1.807) is 17.8 Å². The van der Waals surface area contributed by atoms with Gasteiger partial charge in [-0.2, -0.15) is 0 Å². The molecule has 0 unspecified atom stereocenters. The highest BCUT2D eigenvalue weighted by Gasteiger charge is 2.16. The number of hydrogen-bond donors (Lipinski definition) is 0. The van der Waals surface area contributed by atoms with Gasteiger partial charge < -0.3 is 4.74 Å². The summed E-state index contributed by atoms with van der Waals surface area (Å²) in [4.78, 5) is 0.0401. The van der Waals surface area contributed by atoms with E-state index in [0.717, 1.165) is 5.52 Å². The molecule has 0 aliphatic heterocycles. The van der Waals surface area contributed by atoms with Crippen molar-refractivity contribution < 1.29 is 13.2 Å². The standard InChI is InChI=1S/C11H13ClN2O3S/c1-7(2)17-11-9-6-8(18(12,15)16)4-5-10(9)14(3)13-11/h4-7H,1-3H3. The summed E-state index contributed by atoms with van der Waals surface area (Å²) in [6.07, 6.45) is -0.0423. The molecule has 2 rings (SSSR count). The van der Waals surface area contributed by atoms with Crippen LogP contribution in [0.5, 0.6) is 5.88 Å². The lowest BCUT2D eigenvalue weighted by atomic mass is 10.2. The number of ether oxygens (including phenoxy) is 1. The second-order valence-electron chi connectivity index (χ2n) is 4.21. The molecule has 0 saturated heterocycles. The van der Waals surface area contributed by atoms with E-state index in [1.165, 1.54) is 12.1 Å². The van der Waals surface area contributed by atoms with Crippen LogP contribution in [-0.4, -0.2) is 24.3 Å². The molecule has 0 amide bonds. The third-order valence-corrected chi connectivity index (χ3v) is 3.77. The first-order chi connectivity index (χ1) is 8.29. The third-order valence-electron chi connectivity index (χ3n) is 2.42. The van der Waals surface area contributed by atoms with Gasteiger partial charge in [0.1, 0.15) is 0 Å². The van der Waals surface area contributed by atoms with Gasteiger partial charge in [0.2, 0.25) is 5.88 Å². The Kier molecular flexibility index (Phi) is 3.25. The summed E-state index contributed by atoms with van der Waals surface area (Å²) in [6.45, 7) is 3.76. The Bertz CT molecular complexity index is 692. The molecule has 0 spiro atoms. The lowest BCUT2D eigenvalue weighted by molar-refractivity contribution is 0.233. The molecule has 5 nitrogen and oxygen atoms in total. The molecule has 1 heterocycles. The molecule has 1 aromatic heterocycles. The monoisotopic (exact) mass is 288 g/mol. The number of benzene rings is 1. The van der Waals surface area contributed by atoms with E-state index in [0.29, 0.717) is 11.3 Å². The first-order valence-electron chi connectivity index (χ1n) is 5.37. The Morgan fingerprint density at radius 1 is 1.39 bits per heavy atom. The van der Waals surface area contributed by atoms with Gasteiger partial charge in [0.15, 0.2) is 0 Å². The molecule has 0 radical (unpaired) electrons. The molecule has 18 heavy (non-hydrogen) atoms. The minimum absolute atomic E-state index is 0.0401. The van der Waals surface area contributed by atoms with Crippen molar-refractivity contribution in [3.05, 3.63) is 18.2 Å². The van der Waals surface area contributed by atoms with E-state index >= 15 is 0 Å². The Hall–Kier alpha value is -1.27. The van der Waals surface area contributed by atoms with Crippen LogP contribution in [0.4, 0.5) is 0 Å². The van der Waals surface area contributed by atoms with Gasteiger partial charge in [-0.25, -0.2) is 8.42 Å². The van der Waals surface area contributed by atoms with Gasteiger partial charge in [0.05, 0.1) is 21.9 Å². The Labute approximate surface area is 110 Å². The molecule has 1 aromatic carbocycles. The van der Waals surface area contributed by atoms with Crippen LogP contribution in [0.1, 0.15) is 13.8 Å². The van der Waals surface area contributed by atoms with Gasteiger partial charge in [-0.05, 0) is 32.0 Å². The Balaban J connectivity index is 2.66. The van der Waals surface area contributed by atoms with Gasteiger partial charge in [0, 0.05) is 17.7 Å². The maximum absolute atomic E-state index is 11.3. The van der Waals surface area contributed by atoms with Gasteiger partial charge in [-0.15, -0.1) is 5.10 Å². The summed E-state index contributed by atoms with van der Waals surface area (Å²) in [5.41, 5.74) is 0.787. The van der Waals surface area contributed by atoms with Crippen LogP contribution in [0.3, 0.4) is 0 Å². The number of aryl methyl sites for hydroxylation is 1. The van der Waals surface area contributed by atoms with Gasteiger partial charge in [0.25, 0.3) is 9.05 Å². The summed E-state index contributed by atoms with van der Waals surface area (Å²) >= 11 is 0. The molecule has 0 bridgehead atoms. The maximum Gasteiger partial charge on any atom is 0.261 e. The zero-order valence-electron chi connectivity index (χ0n) is 10.2. The second-order valence-corrected chi connectivity index (χ2v) is 6.78. The van der Waals surface area contributed by atoms with E-state index in [1.807, 2.05) is 13.8 Å². The average molecular weight is 289 g/mol. The van der Waals surface area contributed by atoms with Crippen molar-refractivity contribution >= 4 is 30.6 Å². The van der Waals surface area contributed by atoms with Crippen LogP contribution in [0.15, 0.2) is 23.1 Å². The number of halogens is 1. The lowest BCUT2D eigenvalue weighted by Crippen LogP contribution is -2.06. The molecule has 0 fully saturated rings. The largest absolute Gasteiger partial charge is 0.473 e. The molecular formula is C11H13ClN2O3S. The predicted molar refractivity (Wildman–Crippen MR) is 69.5 cm³/mol. The normalized spacial score (nSPS) is 12.3. The van der Waals surface area contributed by atoms with Crippen molar-refractivity contribution in [1.82, 2.24) is 9.78 Å². The lowest BCUT2D eigenvalue weighted by Gasteiger charge is -2.06. The summed E-state index contributed by atoms with van der Waals surface area (Å²) in [7, 11) is 3.35. The molecule has 0 atom stereocenters. The van der Waals surface area contributed by atoms with Crippen LogP contribution in [0.2, 0.25) is 0 Å². The second kappa shape index (κ2) is 4.44. The van der Waals surface area contributed by atoms with Crippen LogP contribution in [0.25, 0.3) is 10.9 Å². The van der Waals surface area contributed by atoms with Gasteiger partial charge in [-0.1, -0.05) is 0 Å². The Morgan fingerprint density at radius 2 is 2.06 bits per heavy atom. The molecule has 0 N–H and O–H groups in total. The van der Waals surface area contributed by atoms with E-state index in [9.17, 15) is 8.42 Å². The number of fused-ring (bicyclic) bond motifs is 1. The van der Waals surface area contributed by atoms with Crippen molar-refractivity contribution in [2.45, 2.75) is 24.8 Å². The van der Waals surface area contributed by atoms with Crippen molar-refractivity contribution in [1.29, 1.82) is 0 Å². The molecule has 2 aromatic rings. The fraction of sp³-hybridized carbons (Fsp3) is 0.364. The molecule has 98 valence electrons. The topological polar surface area (TPSA) is 61.2 Å². The van der Waals surface area contributed by atoms with E-state index < -0.39 is 9.05 Å². The SMILES string of the molecule is CC(C)Oc1nn(C)c2ccc(S(=O)(=O)Cl)cc12. The smallest absolute Gasteiger partial charge is 0.261 e. The molecule has 0 aliphatic carbocycles. The quantitative estimate of drug-likeness (QED) is 0.813. The number of aromatic nitrogens is 2. The zero-order chi connectivity index (χ0) is 13.5. The van der Waals surface area contributed by atoms with Crippen molar-refractivity contribution in [3.8, 4) is 5.88 Å². The van der Waals surface area contributed by atoms with Crippen molar-refractivity contribution in [3.63, 3.8) is 0 Å². The molecular weight excluding hydrogens is 276 g/mol. The highest BCUT2D eigenvalue weighted by atomic mass is 35.7. The number of hydrogen-bond acceptors (Lipinski definition) is 4. The first-order valence-corrected chi connectivity index (χ1v) is 7.68. The van der Waals surface area contributed by atoms with Crippen LogP contribution in [-0.2, 0) is 16.1 Å². The molecule has 7 heteroatoms.